The number of unbranched alkanes of at least 4 members (excludes halogenated alkanes) is 1. The van der Waals surface area contributed by atoms with Gasteiger partial charge in [-0.25, -0.2) is 24.0 Å². The highest BCUT2D eigenvalue weighted by Gasteiger charge is 2.37. The molecule has 2 heterocycles. The Hall–Kier alpha value is -2.50. The zero-order valence-electron chi connectivity index (χ0n) is 16.7. The van der Waals surface area contributed by atoms with Crippen molar-refractivity contribution in [2.75, 3.05) is 6.54 Å². The first-order valence-corrected chi connectivity index (χ1v) is 11.5. The predicted octanol–water partition coefficient (Wildman–Crippen LogP) is 1.84. The van der Waals surface area contributed by atoms with Crippen LogP contribution in [0.25, 0.3) is 11.1 Å². The minimum absolute atomic E-state index is 0.0659. The van der Waals surface area contributed by atoms with E-state index in [4.69, 9.17) is 14.8 Å². The number of rotatable bonds is 8. The van der Waals surface area contributed by atoms with E-state index in [1.165, 1.54) is 18.2 Å². The molecule has 11 heteroatoms. The summed E-state index contributed by atoms with van der Waals surface area (Å²) in [5.41, 5.74) is 2.34. The maximum absolute atomic E-state index is 13.2. The number of hydrogen-bond donors (Lipinski definition) is 3. The van der Waals surface area contributed by atoms with E-state index in [0.29, 0.717) is 36.4 Å². The lowest BCUT2D eigenvalue weighted by Crippen LogP contribution is -2.38. The van der Waals surface area contributed by atoms with E-state index in [1.807, 2.05) is 6.92 Å². The maximum Gasteiger partial charge on any atom is 0.244 e. The van der Waals surface area contributed by atoms with Gasteiger partial charge >= 0.3 is 0 Å². The van der Waals surface area contributed by atoms with Crippen LogP contribution in [0.1, 0.15) is 57.4 Å². The molecule has 1 aromatic carbocycles. The number of nitrogens with zero attached hydrogens (tertiary/aromatic N) is 2. The molecule has 0 aliphatic carbocycles. The largest absolute Gasteiger partial charge is 0.438 e. The Morgan fingerprint density at radius 2 is 2.20 bits per heavy atom. The number of hydrogen-bond acceptors (Lipinski definition) is 7. The lowest BCUT2D eigenvalue weighted by atomic mass is 9.96. The number of primary sulfonamides is 1. The summed E-state index contributed by atoms with van der Waals surface area (Å²) < 4.78 is 28.9. The van der Waals surface area contributed by atoms with Gasteiger partial charge in [0.25, 0.3) is 0 Å². The van der Waals surface area contributed by atoms with Crippen LogP contribution in [-0.2, 0) is 19.6 Å². The van der Waals surface area contributed by atoms with E-state index in [2.05, 4.69) is 4.98 Å². The van der Waals surface area contributed by atoms with Gasteiger partial charge in [0.15, 0.2) is 5.58 Å². The van der Waals surface area contributed by atoms with Crippen LogP contribution >= 0.6 is 0 Å². The van der Waals surface area contributed by atoms with Gasteiger partial charge in [0.05, 0.1) is 4.90 Å². The monoisotopic (exact) mass is 438 g/mol. The summed E-state index contributed by atoms with van der Waals surface area (Å²) in [6.07, 6.45) is 3.51. The molecule has 0 saturated carbocycles. The third-order valence-corrected chi connectivity index (χ3v) is 6.25. The fourth-order valence-corrected chi connectivity index (χ4v) is 4.33. The van der Waals surface area contributed by atoms with E-state index in [1.54, 1.807) is 10.4 Å². The second-order valence-electron chi connectivity index (χ2n) is 7.49. The molecule has 1 saturated heterocycles. The molecular weight excluding hydrogens is 412 g/mol. The van der Waals surface area contributed by atoms with E-state index in [-0.39, 0.29) is 17.2 Å². The van der Waals surface area contributed by atoms with Crippen molar-refractivity contribution in [1.29, 1.82) is 0 Å². The summed E-state index contributed by atoms with van der Waals surface area (Å²) >= 11 is 0. The first-order valence-electron chi connectivity index (χ1n) is 9.91. The molecule has 1 aliphatic heterocycles. The Balaban J connectivity index is 1.86. The Kier molecular flexibility index (Phi) is 6.74. The number of oxazole rings is 1. The van der Waals surface area contributed by atoms with Crippen LogP contribution in [0, 0.1) is 5.92 Å². The van der Waals surface area contributed by atoms with Gasteiger partial charge in [0.1, 0.15) is 11.6 Å². The SMILES string of the molecule is CCCC[C@H](CC(=O)NO)C(=O)N1CCC[C@H]1c1nc2cc(S(N)(=O)=O)ccc2o1. The number of aromatic nitrogens is 1. The molecule has 1 aliphatic rings. The topological polar surface area (TPSA) is 156 Å². The standard InChI is InChI=1S/C19H26N4O6S/c1-2-3-5-12(10-17(24)22-26)19(25)23-9-4-6-15(23)18-21-14-11-13(30(20,27)28)7-8-16(14)29-18/h7-8,11-12,15,26H,2-6,9-10H2,1H3,(H,22,24)(H2,20,27,28)/t12-,15+/m1/s1. The minimum atomic E-state index is -3.87. The summed E-state index contributed by atoms with van der Waals surface area (Å²) in [7, 11) is -3.87. The minimum Gasteiger partial charge on any atom is -0.438 e. The van der Waals surface area contributed by atoms with Crippen LogP contribution in [0.15, 0.2) is 27.5 Å². The third-order valence-electron chi connectivity index (χ3n) is 5.34. The van der Waals surface area contributed by atoms with E-state index in [9.17, 15) is 18.0 Å². The second-order valence-corrected chi connectivity index (χ2v) is 9.06. The highest BCUT2D eigenvalue weighted by molar-refractivity contribution is 7.89. The van der Waals surface area contributed by atoms with Gasteiger partial charge in [-0.2, -0.15) is 0 Å². The highest BCUT2D eigenvalue weighted by Crippen LogP contribution is 2.35. The summed E-state index contributed by atoms with van der Waals surface area (Å²) in [4.78, 5) is 30.8. The Morgan fingerprint density at radius 3 is 2.87 bits per heavy atom. The van der Waals surface area contributed by atoms with Gasteiger partial charge < -0.3 is 9.32 Å². The molecule has 0 spiro atoms. The molecule has 1 aromatic heterocycles. The first-order chi connectivity index (χ1) is 14.2. The fraction of sp³-hybridized carbons (Fsp3) is 0.526. The van der Waals surface area contributed by atoms with Crippen LogP contribution in [0.5, 0.6) is 0 Å². The van der Waals surface area contributed by atoms with Gasteiger partial charge in [-0.15, -0.1) is 0 Å². The molecule has 3 rings (SSSR count). The molecule has 0 unspecified atom stereocenters. The normalized spacial score (nSPS) is 18.0. The van der Waals surface area contributed by atoms with E-state index in [0.717, 1.165) is 19.3 Å². The number of nitrogens with one attached hydrogen (secondary N) is 1. The number of fused-ring (bicyclic) bond motifs is 1. The number of hydroxylamine groups is 1. The molecule has 2 amide bonds. The molecule has 1 fully saturated rings. The van der Waals surface area contributed by atoms with Crippen LogP contribution in [0.4, 0.5) is 0 Å². The average Bonchev–Trinajstić information content (AvgIpc) is 3.35. The number of benzene rings is 1. The van der Waals surface area contributed by atoms with Gasteiger partial charge in [0, 0.05) is 18.9 Å². The zero-order valence-corrected chi connectivity index (χ0v) is 17.5. The van der Waals surface area contributed by atoms with Gasteiger partial charge in [-0.3, -0.25) is 14.8 Å². The lowest BCUT2D eigenvalue weighted by Gasteiger charge is -2.27. The number of carbonyl (C=O) groups is 2. The molecule has 0 bridgehead atoms. The Morgan fingerprint density at radius 1 is 1.43 bits per heavy atom. The summed E-state index contributed by atoms with van der Waals surface area (Å²) in [6, 6.07) is 3.78. The molecule has 0 radical (unpaired) electrons. The van der Waals surface area contributed by atoms with Crippen LogP contribution in [0.2, 0.25) is 0 Å². The number of sulfonamides is 1. The van der Waals surface area contributed by atoms with Crippen molar-refractivity contribution in [3.63, 3.8) is 0 Å². The van der Waals surface area contributed by atoms with Gasteiger partial charge in [-0.05, 0) is 37.5 Å². The van der Waals surface area contributed by atoms with Gasteiger partial charge in [-0.1, -0.05) is 19.8 Å². The van der Waals surface area contributed by atoms with Crippen molar-refractivity contribution in [1.82, 2.24) is 15.4 Å². The highest BCUT2D eigenvalue weighted by atomic mass is 32.2. The van der Waals surface area contributed by atoms with Crippen molar-refractivity contribution in [2.24, 2.45) is 11.1 Å². The number of likely N-dealkylation sites (tertiary alicyclic amines) is 1. The van der Waals surface area contributed by atoms with Crippen molar-refractivity contribution in [2.45, 2.75) is 56.4 Å². The smallest absolute Gasteiger partial charge is 0.244 e. The number of amides is 2. The van der Waals surface area contributed by atoms with Crippen LogP contribution in [-0.4, -0.2) is 41.9 Å². The van der Waals surface area contributed by atoms with Crippen LogP contribution in [0.3, 0.4) is 0 Å². The summed E-state index contributed by atoms with van der Waals surface area (Å²) in [5, 5.41) is 14.0. The molecule has 4 N–H and O–H groups in total. The second kappa shape index (κ2) is 9.11. The first kappa shape index (κ1) is 22.2. The van der Waals surface area contributed by atoms with Crippen molar-refractivity contribution >= 4 is 32.9 Å². The Bertz CT molecular complexity index is 1030. The number of carbonyl (C=O) groups excluding carboxylic acids is 2. The number of nitrogens with two attached hydrogens (primary N) is 1. The van der Waals surface area contributed by atoms with Crippen LogP contribution < -0.4 is 10.6 Å². The van der Waals surface area contributed by atoms with E-state index < -0.39 is 27.9 Å². The third kappa shape index (κ3) is 4.79. The molecule has 2 aromatic rings. The zero-order chi connectivity index (χ0) is 21.9. The van der Waals surface area contributed by atoms with Crippen molar-refractivity contribution < 1.29 is 27.6 Å². The summed E-state index contributed by atoms with van der Waals surface area (Å²) in [5.74, 6) is -1.00. The lowest BCUT2D eigenvalue weighted by molar-refractivity contribution is -0.141. The summed E-state index contributed by atoms with van der Waals surface area (Å²) in [6.45, 7) is 2.51. The van der Waals surface area contributed by atoms with Gasteiger partial charge in [0.2, 0.25) is 27.7 Å². The van der Waals surface area contributed by atoms with Crippen molar-refractivity contribution in [3.8, 4) is 0 Å². The average molecular weight is 439 g/mol. The predicted molar refractivity (Wildman–Crippen MR) is 107 cm³/mol. The molecule has 10 nitrogen and oxygen atoms in total. The van der Waals surface area contributed by atoms with E-state index >= 15 is 0 Å². The molecule has 164 valence electrons. The molecule has 30 heavy (non-hydrogen) atoms. The Labute approximate surface area is 174 Å². The molecular formula is C19H26N4O6S. The quantitative estimate of drug-likeness (QED) is 0.419. The maximum atomic E-state index is 13.2. The molecule has 2 atom stereocenters. The van der Waals surface area contributed by atoms with Crippen molar-refractivity contribution in [3.05, 3.63) is 24.1 Å². The fourth-order valence-electron chi connectivity index (χ4n) is 3.80.